The number of pyridine rings is 1. The number of fused-ring (bicyclic) bond motifs is 1. The van der Waals surface area contributed by atoms with Crippen molar-refractivity contribution in [3.05, 3.63) is 62.9 Å². The Kier molecular flexibility index (Phi) is 9.53. The molecular weight excluding hydrogens is 463 g/mol. The van der Waals surface area contributed by atoms with Crippen molar-refractivity contribution in [1.29, 1.82) is 0 Å². The lowest BCUT2D eigenvalue weighted by Crippen LogP contribution is -2.41. The molecule has 0 fully saturated rings. The Morgan fingerprint density at radius 3 is 2.58 bits per heavy atom. The molecule has 0 saturated carbocycles. The number of carbonyl (C=O) groups excluding carboxylic acids is 1. The number of aryl methyl sites for hydroxylation is 3. The highest BCUT2D eigenvalue weighted by molar-refractivity contribution is 6.39. The molecule has 1 amide bonds. The molecule has 1 aliphatic rings. The third-order valence-electron chi connectivity index (χ3n) is 5.88. The van der Waals surface area contributed by atoms with Crippen LogP contribution >= 0.6 is 23.2 Å². The molecule has 1 aromatic heterocycles. The van der Waals surface area contributed by atoms with Crippen LogP contribution in [0.2, 0.25) is 10.0 Å². The fourth-order valence-corrected chi connectivity index (χ4v) is 4.50. The maximum Gasteiger partial charge on any atom is 0.326 e. The SMILES string of the molecule is C[C@@H](CCc1ccc2c(n1)CCCC2)COCC[C@H](NC(=O)c1c(Cl)cccc1Cl)C(=O)O. The van der Waals surface area contributed by atoms with Crippen LogP contribution in [0.15, 0.2) is 30.3 Å². The topological polar surface area (TPSA) is 88.5 Å². The van der Waals surface area contributed by atoms with Gasteiger partial charge in [0.1, 0.15) is 6.04 Å². The van der Waals surface area contributed by atoms with Crippen LogP contribution in [0, 0.1) is 5.92 Å². The predicted molar refractivity (Wildman–Crippen MR) is 129 cm³/mol. The van der Waals surface area contributed by atoms with Gasteiger partial charge < -0.3 is 15.2 Å². The van der Waals surface area contributed by atoms with Crippen molar-refractivity contribution in [3.8, 4) is 0 Å². The monoisotopic (exact) mass is 492 g/mol. The van der Waals surface area contributed by atoms with Gasteiger partial charge in [-0.15, -0.1) is 0 Å². The number of aromatic nitrogens is 1. The van der Waals surface area contributed by atoms with Gasteiger partial charge in [-0.05, 0) is 68.2 Å². The summed E-state index contributed by atoms with van der Waals surface area (Å²) in [5, 5.41) is 12.3. The number of carboxylic acids is 1. The second kappa shape index (κ2) is 12.4. The predicted octanol–water partition coefficient (Wildman–Crippen LogP) is 5.13. The first-order chi connectivity index (χ1) is 15.8. The van der Waals surface area contributed by atoms with Crippen LogP contribution in [0.1, 0.15) is 59.9 Å². The van der Waals surface area contributed by atoms with Crippen molar-refractivity contribution in [2.24, 2.45) is 5.92 Å². The molecule has 178 valence electrons. The van der Waals surface area contributed by atoms with Crippen molar-refractivity contribution < 1.29 is 19.4 Å². The van der Waals surface area contributed by atoms with E-state index in [1.54, 1.807) is 6.07 Å². The lowest BCUT2D eigenvalue weighted by molar-refractivity contribution is -0.139. The number of hydrogen-bond donors (Lipinski definition) is 2. The quantitative estimate of drug-likeness (QED) is 0.424. The van der Waals surface area contributed by atoms with Crippen LogP contribution in [0.4, 0.5) is 0 Å². The van der Waals surface area contributed by atoms with E-state index in [4.69, 9.17) is 32.9 Å². The summed E-state index contributed by atoms with van der Waals surface area (Å²) in [6.07, 6.45) is 6.66. The van der Waals surface area contributed by atoms with Crippen LogP contribution in [0.25, 0.3) is 0 Å². The number of halogens is 2. The molecule has 1 heterocycles. The Bertz CT molecular complexity index is 963. The summed E-state index contributed by atoms with van der Waals surface area (Å²) in [6.45, 7) is 2.84. The lowest BCUT2D eigenvalue weighted by Gasteiger charge is -2.17. The van der Waals surface area contributed by atoms with E-state index >= 15 is 0 Å². The average molecular weight is 493 g/mol. The Morgan fingerprint density at radius 1 is 1.12 bits per heavy atom. The first-order valence-corrected chi connectivity index (χ1v) is 12.1. The maximum atomic E-state index is 12.5. The van der Waals surface area contributed by atoms with Crippen LogP contribution < -0.4 is 5.32 Å². The highest BCUT2D eigenvalue weighted by atomic mass is 35.5. The molecule has 2 atom stereocenters. The van der Waals surface area contributed by atoms with Crippen molar-refractivity contribution in [3.63, 3.8) is 0 Å². The zero-order valence-corrected chi connectivity index (χ0v) is 20.3. The van der Waals surface area contributed by atoms with Gasteiger partial charge in [-0.3, -0.25) is 9.78 Å². The van der Waals surface area contributed by atoms with Crippen molar-refractivity contribution in [2.45, 2.75) is 57.9 Å². The second-order valence-corrected chi connectivity index (χ2v) is 9.40. The normalized spacial score (nSPS) is 14.9. The molecule has 2 N–H and O–H groups in total. The van der Waals surface area contributed by atoms with Crippen LogP contribution in [0.5, 0.6) is 0 Å². The molecule has 8 heteroatoms. The minimum absolute atomic E-state index is 0.0670. The number of aliphatic carboxylic acids is 1. The second-order valence-electron chi connectivity index (χ2n) is 8.58. The lowest BCUT2D eigenvalue weighted by atomic mass is 9.95. The number of carbonyl (C=O) groups is 2. The minimum atomic E-state index is -1.14. The zero-order chi connectivity index (χ0) is 23.8. The summed E-state index contributed by atoms with van der Waals surface area (Å²) in [4.78, 5) is 28.9. The third-order valence-corrected chi connectivity index (χ3v) is 6.51. The maximum absolute atomic E-state index is 12.5. The van der Waals surface area contributed by atoms with E-state index in [9.17, 15) is 14.7 Å². The van der Waals surface area contributed by atoms with E-state index in [1.807, 2.05) is 0 Å². The number of ether oxygens (including phenoxy) is 1. The van der Waals surface area contributed by atoms with Gasteiger partial charge in [0.2, 0.25) is 0 Å². The van der Waals surface area contributed by atoms with Crippen LogP contribution in [0.3, 0.4) is 0 Å². The minimum Gasteiger partial charge on any atom is -0.480 e. The summed E-state index contributed by atoms with van der Waals surface area (Å²) in [6, 6.07) is 7.93. The summed E-state index contributed by atoms with van der Waals surface area (Å²) in [5.74, 6) is -1.45. The Morgan fingerprint density at radius 2 is 1.85 bits per heavy atom. The molecule has 1 aliphatic carbocycles. The molecule has 0 radical (unpaired) electrons. The smallest absolute Gasteiger partial charge is 0.326 e. The number of benzene rings is 1. The van der Waals surface area contributed by atoms with Crippen molar-refractivity contribution in [2.75, 3.05) is 13.2 Å². The fourth-order valence-electron chi connectivity index (χ4n) is 3.93. The first kappa shape index (κ1) is 25.5. The Labute approximate surface area is 204 Å². The van der Waals surface area contributed by atoms with Gasteiger partial charge in [0.25, 0.3) is 5.91 Å². The van der Waals surface area contributed by atoms with Gasteiger partial charge >= 0.3 is 5.97 Å². The number of hydrogen-bond acceptors (Lipinski definition) is 4. The number of rotatable bonds is 11. The van der Waals surface area contributed by atoms with Crippen LogP contribution in [-0.2, 0) is 28.8 Å². The summed E-state index contributed by atoms with van der Waals surface area (Å²) in [7, 11) is 0. The van der Waals surface area contributed by atoms with E-state index in [1.165, 1.54) is 36.2 Å². The average Bonchev–Trinajstić information content (AvgIpc) is 2.79. The van der Waals surface area contributed by atoms with Gasteiger partial charge in [-0.1, -0.05) is 42.3 Å². The zero-order valence-electron chi connectivity index (χ0n) is 18.8. The summed E-state index contributed by atoms with van der Waals surface area (Å²) >= 11 is 12.1. The third kappa shape index (κ3) is 7.42. The number of nitrogens with zero attached hydrogens (tertiary/aromatic N) is 1. The molecule has 0 bridgehead atoms. The molecule has 0 unspecified atom stereocenters. The first-order valence-electron chi connectivity index (χ1n) is 11.4. The van der Waals surface area contributed by atoms with E-state index < -0.39 is 17.9 Å². The number of nitrogens with one attached hydrogen (secondary N) is 1. The number of carboxylic acid groups (broad SMARTS) is 1. The van der Waals surface area contributed by atoms with Crippen molar-refractivity contribution >= 4 is 35.1 Å². The standard InChI is InChI=1S/C25H30Cl2N2O4/c1-16(9-11-18-12-10-17-5-2-3-8-21(17)28-18)15-33-14-13-22(25(31)32)29-24(30)23-19(26)6-4-7-20(23)27/h4,6-7,10,12,16,22H,2-3,5,8-9,11,13-15H2,1H3,(H,29,30)(H,31,32)/t16-,22-/m0/s1. The van der Waals surface area contributed by atoms with E-state index in [-0.39, 0.29) is 28.6 Å². The molecule has 3 rings (SSSR count). The molecular formula is C25H30Cl2N2O4. The molecule has 6 nitrogen and oxygen atoms in total. The van der Waals surface area contributed by atoms with Gasteiger partial charge in [0.05, 0.1) is 15.6 Å². The van der Waals surface area contributed by atoms with Gasteiger partial charge in [0, 0.05) is 31.0 Å². The van der Waals surface area contributed by atoms with Crippen molar-refractivity contribution in [1.82, 2.24) is 10.3 Å². The summed E-state index contributed by atoms with van der Waals surface area (Å²) < 4.78 is 5.70. The van der Waals surface area contributed by atoms with E-state index in [2.05, 4.69) is 24.4 Å². The van der Waals surface area contributed by atoms with Gasteiger partial charge in [-0.2, -0.15) is 0 Å². The van der Waals surface area contributed by atoms with E-state index in [0.717, 1.165) is 31.4 Å². The van der Waals surface area contributed by atoms with E-state index in [0.29, 0.717) is 12.5 Å². The molecule has 0 saturated heterocycles. The van der Waals surface area contributed by atoms with Crippen LogP contribution in [-0.4, -0.2) is 41.2 Å². The molecule has 1 aromatic carbocycles. The van der Waals surface area contributed by atoms with Gasteiger partial charge in [0.15, 0.2) is 0 Å². The highest BCUT2D eigenvalue weighted by Gasteiger charge is 2.23. The molecule has 0 aliphatic heterocycles. The molecule has 33 heavy (non-hydrogen) atoms. The summed E-state index contributed by atoms with van der Waals surface area (Å²) in [5.41, 5.74) is 3.83. The molecule has 0 spiro atoms. The molecule has 2 aromatic rings. The van der Waals surface area contributed by atoms with Gasteiger partial charge in [-0.25, -0.2) is 4.79 Å². The Balaban J connectivity index is 1.40. The fraction of sp³-hybridized carbons (Fsp3) is 0.480. The Hall–Kier alpha value is -2.15. The largest absolute Gasteiger partial charge is 0.480 e. The number of amides is 1. The highest BCUT2D eigenvalue weighted by Crippen LogP contribution is 2.24.